The van der Waals surface area contributed by atoms with E-state index in [-0.39, 0.29) is 11.9 Å². The van der Waals surface area contributed by atoms with E-state index in [1.165, 1.54) is 12.1 Å². The fourth-order valence-electron chi connectivity index (χ4n) is 1.66. The maximum absolute atomic E-state index is 13.5. The molecule has 2 rings (SSSR count). The van der Waals surface area contributed by atoms with Crippen LogP contribution in [-0.4, -0.2) is 6.61 Å². The van der Waals surface area contributed by atoms with Crippen molar-refractivity contribution in [1.29, 1.82) is 0 Å². The molecule has 0 bridgehead atoms. The second-order valence-corrected chi connectivity index (χ2v) is 3.78. The van der Waals surface area contributed by atoms with E-state index in [4.69, 9.17) is 22.1 Å². The highest BCUT2D eigenvalue weighted by molar-refractivity contribution is 6.32. The van der Waals surface area contributed by atoms with Crippen molar-refractivity contribution in [3.05, 3.63) is 28.5 Å². The van der Waals surface area contributed by atoms with Crippen molar-refractivity contribution < 1.29 is 9.13 Å². The number of ether oxygens (including phenoxy) is 1. The molecule has 0 saturated heterocycles. The van der Waals surface area contributed by atoms with E-state index in [2.05, 4.69) is 0 Å². The van der Waals surface area contributed by atoms with Crippen LogP contribution in [-0.2, 0) is 0 Å². The smallest absolute Gasteiger partial charge is 0.145 e. The van der Waals surface area contributed by atoms with Crippen LogP contribution in [0.25, 0.3) is 0 Å². The summed E-state index contributed by atoms with van der Waals surface area (Å²) in [5.74, 6) is 0.0791. The lowest BCUT2D eigenvalue weighted by molar-refractivity contribution is 0.315. The maximum Gasteiger partial charge on any atom is 0.145 e. The molecule has 14 heavy (non-hydrogen) atoms. The van der Waals surface area contributed by atoms with E-state index >= 15 is 0 Å². The van der Waals surface area contributed by atoms with Gasteiger partial charge in [-0.3, -0.25) is 0 Å². The molecule has 2 N–H and O–H groups in total. The monoisotopic (exact) mass is 215 g/mol. The normalized spacial score (nSPS) is 20.9. The zero-order chi connectivity index (χ0) is 10.1. The van der Waals surface area contributed by atoms with Crippen molar-refractivity contribution >= 4 is 11.6 Å². The van der Waals surface area contributed by atoms with Crippen molar-refractivity contribution in [3.63, 3.8) is 0 Å². The average molecular weight is 216 g/mol. The molecule has 1 aliphatic rings. The van der Waals surface area contributed by atoms with Gasteiger partial charge in [0, 0.05) is 11.6 Å². The molecular formula is C10H11ClFNO. The van der Waals surface area contributed by atoms with Gasteiger partial charge in [-0.15, -0.1) is 0 Å². The van der Waals surface area contributed by atoms with Gasteiger partial charge in [0.1, 0.15) is 11.6 Å². The second-order valence-electron chi connectivity index (χ2n) is 3.37. The van der Waals surface area contributed by atoms with Gasteiger partial charge < -0.3 is 10.5 Å². The first-order chi connectivity index (χ1) is 6.70. The molecule has 0 aliphatic carbocycles. The number of hydrogen-bond acceptors (Lipinski definition) is 2. The Bertz CT molecular complexity index is 356. The number of benzene rings is 1. The average Bonchev–Trinajstić information content (AvgIpc) is 2.35. The van der Waals surface area contributed by atoms with E-state index in [1.54, 1.807) is 0 Å². The topological polar surface area (TPSA) is 35.2 Å². The fraction of sp³-hybridized carbons (Fsp3) is 0.400. The molecule has 0 fully saturated rings. The summed E-state index contributed by atoms with van der Waals surface area (Å²) < 4.78 is 18.8. The molecule has 0 amide bonds. The number of halogens is 2. The summed E-state index contributed by atoms with van der Waals surface area (Å²) in [6.07, 6.45) is 1.55. The van der Waals surface area contributed by atoms with Gasteiger partial charge in [0.05, 0.1) is 11.6 Å². The van der Waals surface area contributed by atoms with Crippen LogP contribution in [0.4, 0.5) is 4.39 Å². The minimum atomic E-state index is -0.334. The van der Waals surface area contributed by atoms with Crippen LogP contribution < -0.4 is 10.5 Å². The minimum absolute atomic E-state index is 0.314. The van der Waals surface area contributed by atoms with Gasteiger partial charge in [0.15, 0.2) is 0 Å². The van der Waals surface area contributed by atoms with E-state index < -0.39 is 0 Å². The summed E-state index contributed by atoms with van der Waals surface area (Å²) in [6, 6.07) is 2.51. The van der Waals surface area contributed by atoms with Gasteiger partial charge in [-0.2, -0.15) is 0 Å². The second kappa shape index (κ2) is 3.75. The van der Waals surface area contributed by atoms with E-state index in [9.17, 15) is 4.39 Å². The molecule has 0 aromatic heterocycles. The first kappa shape index (κ1) is 9.74. The quantitative estimate of drug-likeness (QED) is 0.722. The van der Waals surface area contributed by atoms with Crippen molar-refractivity contribution in [1.82, 2.24) is 0 Å². The number of fused-ring (bicyclic) bond motifs is 1. The number of hydrogen-bond donors (Lipinski definition) is 1. The molecule has 1 aromatic rings. The molecule has 1 atom stereocenters. The van der Waals surface area contributed by atoms with Crippen molar-refractivity contribution in [2.24, 2.45) is 5.73 Å². The fourth-order valence-corrected chi connectivity index (χ4v) is 1.88. The first-order valence-electron chi connectivity index (χ1n) is 4.56. The van der Waals surface area contributed by atoms with Gasteiger partial charge >= 0.3 is 0 Å². The predicted octanol–water partition coefficient (Wildman–Crippen LogP) is 2.65. The van der Waals surface area contributed by atoms with E-state index in [0.717, 1.165) is 12.8 Å². The molecule has 1 aromatic carbocycles. The summed E-state index contributed by atoms with van der Waals surface area (Å²) in [4.78, 5) is 0. The summed E-state index contributed by atoms with van der Waals surface area (Å²) in [5.41, 5.74) is 6.25. The van der Waals surface area contributed by atoms with Crippen LogP contribution >= 0.6 is 11.6 Å². The minimum Gasteiger partial charge on any atom is -0.492 e. The van der Waals surface area contributed by atoms with Crippen LogP contribution in [0.5, 0.6) is 5.75 Å². The van der Waals surface area contributed by atoms with Gasteiger partial charge in [0.2, 0.25) is 0 Å². The SMILES string of the molecule is NC1CCCOc2c(Cl)ccc(F)c21. The molecule has 1 aliphatic heterocycles. The molecule has 0 radical (unpaired) electrons. The highest BCUT2D eigenvalue weighted by Gasteiger charge is 2.22. The summed E-state index contributed by atoms with van der Waals surface area (Å²) >= 11 is 5.90. The number of rotatable bonds is 0. The Hall–Kier alpha value is -0.800. The van der Waals surface area contributed by atoms with Crippen LogP contribution in [0.2, 0.25) is 5.02 Å². The van der Waals surface area contributed by atoms with Gasteiger partial charge in [-0.25, -0.2) is 4.39 Å². The Balaban J connectivity index is 2.57. The van der Waals surface area contributed by atoms with E-state index in [0.29, 0.717) is 22.9 Å². The predicted molar refractivity (Wildman–Crippen MR) is 53.1 cm³/mol. The van der Waals surface area contributed by atoms with E-state index in [1.807, 2.05) is 0 Å². The van der Waals surface area contributed by atoms with Crippen LogP contribution in [0.15, 0.2) is 12.1 Å². The lowest BCUT2D eigenvalue weighted by Gasteiger charge is -2.13. The molecule has 2 nitrogen and oxygen atoms in total. The third-order valence-electron chi connectivity index (χ3n) is 2.37. The Morgan fingerprint density at radius 1 is 1.50 bits per heavy atom. The Morgan fingerprint density at radius 3 is 3.07 bits per heavy atom. The first-order valence-corrected chi connectivity index (χ1v) is 4.94. The lowest BCUT2D eigenvalue weighted by atomic mass is 10.0. The standard InChI is InChI=1S/C10H11ClFNO/c11-6-3-4-7(12)9-8(13)2-1-5-14-10(6)9/h3-4,8H,1-2,5,13H2. The molecule has 1 heterocycles. The van der Waals surface area contributed by atoms with Crippen LogP contribution in [0, 0.1) is 5.82 Å². The van der Waals surface area contributed by atoms with Crippen molar-refractivity contribution in [2.45, 2.75) is 18.9 Å². The molecule has 4 heteroatoms. The third kappa shape index (κ3) is 1.57. The molecule has 0 spiro atoms. The van der Waals surface area contributed by atoms with Gasteiger partial charge in [0.25, 0.3) is 0 Å². The molecule has 0 saturated carbocycles. The Kier molecular flexibility index (Phi) is 2.61. The van der Waals surface area contributed by atoms with Gasteiger partial charge in [-0.1, -0.05) is 11.6 Å². The molecule has 1 unspecified atom stereocenters. The molecule has 76 valence electrons. The zero-order valence-corrected chi connectivity index (χ0v) is 8.35. The third-order valence-corrected chi connectivity index (χ3v) is 2.67. The van der Waals surface area contributed by atoms with Crippen LogP contribution in [0.1, 0.15) is 24.4 Å². The summed E-state index contributed by atoms with van der Waals surface area (Å²) in [5, 5.41) is 0.429. The summed E-state index contributed by atoms with van der Waals surface area (Å²) in [6.45, 7) is 0.546. The van der Waals surface area contributed by atoms with Crippen molar-refractivity contribution in [3.8, 4) is 5.75 Å². The largest absolute Gasteiger partial charge is 0.492 e. The maximum atomic E-state index is 13.5. The lowest BCUT2D eigenvalue weighted by Crippen LogP contribution is -2.11. The van der Waals surface area contributed by atoms with Crippen LogP contribution in [0.3, 0.4) is 0 Å². The zero-order valence-electron chi connectivity index (χ0n) is 7.59. The molecular weight excluding hydrogens is 205 g/mol. The van der Waals surface area contributed by atoms with Gasteiger partial charge in [-0.05, 0) is 25.0 Å². The summed E-state index contributed by atoms with van der Waals surface area (Å²) in [7, 11) is 0. The highest BCUT2D eigenvalue weighted by Crippen LogP contribution is 2.37. The highest BCUT2D eigenvalue weighted by atomic mass is 35.5. The Labute approximate surface area is 86.8 Å². The Morgan fingerprint density at radius 2 is 2.29 bits per heavy atom. The number of nitrogens with two attached hydrogens (primary N) is 1. The van der Waals surface area contributed by atoms with Crippen molar-refractivity contribution in [2.75, 3.05) is 6.61 Å².